The zero-order chi connectivity index (χ0) is 22.1. The molecular formula is C25H20ClN3OS2. The van der Waals surface area contributed by atoms with Crippen molar-refractivity contribution in [1.29, 1.82) is 0 Å². The summed E-state index contributed by atoms with van der Waals surface area (Å²) in [6.45, 7) is 3.37. The molecule has 0 aliphatic carbocycles. The van der Waals surface area contributed by atoms with Crippen molar-refractivity contribution in [2.24, 2.45) is 4.99 Å². The molecule has 0 saturated carbocycles. The Hall–Kier alpha value is -2.67. The van der Waals surface area contributed by atoms with Gasteiger partial charge in [0.15, 0.2) is 5.17 Å². The van der Waals surface area contributed by atoms with Gasteiger partial charge in [-0.05, 0) is 60.6 Å². The first-order chi connectivity index (χ1) is 15.6. The minimum Gasteiger partial charge on any atom is -0.334 e. The van der Waals surface area contributed by atoms with E-state index in [0.29, 0.717) is 16.7 Å². The Balaban J connectivity index is 1.56. The summed E-state index contributed by atoms with van der Waals surface area (Å²) in [5, 5.41) is 2.31. The summed E-state index contributed by atoms with van der Waals surface area (Å²) in [6, 6.07) is 25.6. The van der Waals surface area contributed by atoms with Crippen molar-refractivity contribution < 1.29 is 4.79 Å². The maximum Gasteiger partial charge on any atom is 0.269 e. The number of hydrogen-bond donors (Lipinski definition) is 0. The van der Waals surface area contributed by atoms with E-state index < -0.39 is 0 Å². The van der Waals surface area contributed by atoms with Crippen LogP contribution >= 0.6 is 35.1 Å². The lowest BCUT2D eigenvalue weighted by Crippen LogP contribution is -2.29. The lowest BCUT2D eigenvalue weighted by atomic mass is 10.2. The molecular weight excluding hydrogens is 458 g/mol. The molecule has 32 heavy (non-hydrogen) atoms. The highest BCUT2D eigenvalue weighted by atomic mass is 35.5. The third-order valence-corrected chi connectivity index (χ3v) is 7.85. The number of fused-ring (bicyclic) bond motifs is 1. The third-order valence-electron chi connectivity index (χ3n) is 5.22. The number of amidine groups is 1. The van der Waals surface area contributed by atoms with Crippen molar-refractivity contribution in [3.05, 3.63) is 99.4 Å². The van der Waals surface area contributed by atoms with E-state index in [1.165, 1.54) is 16.7 Å². The molecule has 4 nitrogen and oxygen atoms in total. The molecule has 1 saturated heterocycles. The highest BCUT2D eigenvalue weighted by Crippen LogP contribution is 2.50. The SMILES string of the molecule is CCN1C(=C2SC(=Nc3ccc(Cl)cc3)N(Cc3ccccc3)C2=O)Sc2ccccc21. The number of hydrogen-bond acceptors (Lipinski definition) is 5. The number of nitrogens with zero attached hydrogens (tertiary/aromatic N) is 3. The summed E-state index contributed by atoms with van der Waals surface area (Å²) in [5.74, 6) is -0.0136. The Bertz CT molecular complexity index is 1230. The summed E-state index contributed by atoms with van der Waals surface area (Å²) in [7, 11) is 0. The van der Waals surface area contributed by atoms with Crippen LogP contribution in [0.5, 0.6) is 0 Å². The third kappa shape index (κ3) is 4.06. The first kappa shape index (κ1) is 21.2. The smallest absolute Gasteiger partial charge is 0.269 e. The van der Waals surface area contributed by atoms with E-state index in [2.05, 4.69) is 24.0 Å². The fourth-order valence-electron chi connectivity index (χ4n) is 3.67. The molecule has 0 radical (unpaired) electrons. The number of thioether (sulfide) groups is 2. The number of carbonyl (C=O) groups is 1. The Morgan fingerprint density at radius 1 is 0.875 bits per heavy atom. The van der Waals surface area contributed by atoms with E-state index in [0.717, 1.165) is 33.4 Å². The summed E-state index contributed by atoms with van der Waals surface area (Å²) in [4.78, 5) is 24.4. The topological polar surface area (TPSA) is 35.9 Å². The van der Waals surface area contributed by atoms with E-state index in [1.807, 2.05) is 66.7 Å². The molecule has 160 valence electrons. The molecule has 5 rings (SSSR count). The van der Waals surface area contributed by atoms with Crippen LogP contribution < -0.4 is 4.90 Å². The van der Waals surface area contributed by atoms with Crippen LogP contribution in [-0.4, -0.2) is 22.5 Å². The second-order valence-corrected chi connectivity index (χ2v) is 9.74. The van der Waals surface area contributed by atoms with Crippen molar-refractivity contribution >= 4 is 57.6 Å². The lowest BCUT2D eigenvalue weighted by molar-refractivity contribution is -0.122. The molecule has 1 amide bonds. The van der Waals surface area contributed by atoms with Gasteiger partial charge in [0.05, 0.1) is 17.9 Å². The molecule has 0 aromatic heterocycles. The largest absolute Gasteiger partial charge is 0.334 e. The molecule has 7 heteroatoms. The fourth-order valence-corrected chi connectivity index (χ4v) is 6.18. The van der Waals surface area contributed by atoms with Crippen LogP contribution in [0.1, 0.15) is 12.5 Å². The zero-order valence-electron chi connectivity index (χ0n) is 17.4. The maximum atomic E-state index is 13.7. The molecule has 1 fully saturated rings. The summed E-state index contributed by atoms with van der Waals surface area (Å²) >= 11 is 9.13. The first-order valence-corrected chi connectivity index (χ1v) is 12.3. The van der Waals surface area contributed by atoms with Gasteiger partial charge in [-0.3, -0.25) is 9.69 Å². The van der Waals surface area contributed by atoms with Gasteiger partial charge in [-0.2, -0.15) is 0 Å². The second-order valence-electron chi connectivity index (χ2n) is 7.30. The van der Waals surface area contributed by atoms with Crippen LogP contribution in [0, 0.1) is 0 Å². The number of halogens is 1. The van der Waals surface area contributed by atoms with Crippen molar-refractivity contribution in [2.75, 3.05) is 11.4 Å². The molecule has 3 aromatic carbocycles. The average Bonchev–Trinajstić information content (AvgIpc) is 3.33. The Kier molecular flexibility index (Phi) is 6.00. The number of benzene rings is 3. The van der Waals surface area contributed by atoms with Crippen molar-refractivity contribution in [3.63, 3.8) is 0 Å². The van der Waals surface area contributed by atoms with E-state index in [4.69, 9.17) is 16.6 Å². The number of anilines is 1. The first-order valence-electron chi connectivity index (χ1n) is 10.3. The van der Waals surface area contributed by atoms with Crippen LogP contribution in [0.25, 0.3) is 0 Å². The standard InChI is InChI=1S/C25H20ClN3OS2/c1-2-28-20-10-6-7-11-21(20)31-24(28)22-23(30)29(16-17-8-4-3-5-9-17)25(32-22)27-19-14-12-18(26)13-15-19/h3-15H,2,16H2,1H3. The van der Waals surface area contributed by atoms with Crippen molar-refractivity contribution in [3.8, 4) is 0 Å². The number of amides is 1. The molecule has 0 unspecified atom stereocenters. The average molecular weight is 478 g/mol. The summed E-state index contributed by atoms with van der Waals surface area (Å²) in [5.41, 5.74) is 2.98. The minimum absolute atomic E-state index is 0.0136. The molecule has 2 heterocycles. The molecule has 3 aromatic rings. The monoisotopic (exact) mass is 477 g/mol. The van der Waals surface area contributed by atoms with Crippen LogP contribution in [0.2, 0.25) is 5.02 Å². The number of para-hydroxylation sites is 1. The van der Waals surface area contributed by atoms with Gasteiger partial charge < -0.3 is 4.90 Å². The quantitative estimate of drug-likeness (QED) is 0.383. The van der Waals surface area contributed by atoms with Gasteiger partial charge >= 0.3 is 0 Å². The molecule has 0 bridgehead atoms. The van der Waals surface area contributed by atoms with E-state index in [-0.39, 0.29) is 5.91 Å². The van der Waals surface area contributed by atoms with Crippen molar-refractivity contribution in [2.45, 2.75) is 18.4 Å². The van der Waals surface area contributed by atoms with Crippen LogP contribution in [0.15, 0.2) is 98.7 Å². The summed E-state index contributed by atoms with van der Waals surface area (Å²) in [6.07, 6.45) is 0. The Labute approximate surface area is 201 Å². The second kappa shape index (κ2) is 9.06. The lowest BCUT2D eigenvalue weighted by Gasteiger charge is -2.19. The number of carbonyl (C=O) groups excluding carboxylic acids is 1. The van der Waals surface area contributed by atoms with Gasteiger partial charge in [0.1, 0.15) is 9.93 Å². The predicted octanol–water partition coefficient (Wildman–Crippen LogP) is 6.90. The maximum absolute atomic E-state index is 13.7. The van der Waals surface area contributed by atoms with E-state index in [9.17, 15) is 4.79 Å². The van der Waals surface area contributed by atoms with Gasteiger partial charge in [0.25, 0.3) is 5.91 Å². The van der Waals surface area contributed by atoms with Gasteiger partial charge in [-0.1, -0.05) is 65.8 Å². The van der Waals surface area contributed by atoms with Crippen LogP contribution in [-0.2, 0) is 11.3 Å². The minimum atomic E-state index is -0.0136. The Morgan fingerprint density at radius 2 is 1.59 bits per heavy atom. The van der Waals surface area contributed by atoms with Gasteiger partial charge in [0.2, 0.25) is 0 Å². The molecule has 2 aliphatic rings. The van der Waals surface area contributed by atoms with Crippen LogP contribution in [0.4, 0.5) is 11.4 Å². The highest BCUT2D eigenvalue weighted by Gasteiger charge is 2.39. The molecule has 0 atom stereocenters. The predicted molar refractivity (Wildman–Crippen MR) is 135 cm³/mol. The summed E-state index contributed by atoms with van der Waals surface area (Å²) < 4.78 is 0. The Morgan fingerprint density at radius 3 is 2.34 bits per heavy atom. The molecule has 2 aliphatic heterocycles. The molecule has 0 spiro atoms. The fraction of sp³-hybridized carbons (Fsp3) is 0.120. The van der Waals surface area contributed by atoms with Gasteiger partial charge in [0, 0.05) is 16.5 Å². The van der Waals surface area contributed by atoms with Crippen molar-refractivity contribution in [1.82, 2.24) is 4.90 Å². The van der Waals surface area contributed by atoms with E-state index >= 15 is 0 Å². The van der Waals surface area contributed by atoms with E-state index in [1.54, 1.807) is 16.7 Å². The van der Waals surface area contributed by atoms with Gasteiger partial charge in [-0.25, -0.2) is 4.99 Å². The highest BCUT2D eigenvalue weighted by molar-refractivity contribution is 8.19. The molecule has 0 N–H and O–H groups in total. The zero-order valence-corrected chi connectivity index (χ0v) is 19.8. The number of rotatable bonds is 4. The van der Waals surface area contributed by atoms with Gasteiger partial charge in [-0.15, -0.1) is 0 Å². The number of aliphatic imine (C=N–C) groups is 1. The normalized spacial score (nSPS) is 19.2. The van der Waals surface area contributed by atoms with Crippen LogP contribution in [0.3, 0.4) is 0 Å².